The number of hydrogen-bond acceptors (Lipinski definition) is 2. The number of rotatable bonds is 3. The molecule has 186 valence electrons. The topological polar surface area (TPSA) is 46.9 Å². The van der Waals surface area contributed by atoms with E-state index in [-0.39, 0.29) is 23.4 Å². The van der Waals surface area contributed by atoms with Gasteiger partial charge in [-0.25, -0.2) is 22.0 Å². The van der Waals surface area contributed by atoms with Gasteiger partial charge in [-0.15, -0.1) is 0 Å². The molecule has 0 bridgehead atoms. The van der Waals surface area contributed by atoms with Crippen LogP contribution in [0.25, 0.3) is 11.1 Å². The van der Waals surface area contributed by atoms with Crippen molar-refractivity contribution in [1.82, 2.24) is 9.78 Å². The van der Waals surface area contributed by atoms with E-state index in [1.807, 2.05) is 13.8 Å². The molecule has 4 rings (SSSR count). The van der Waals surface area contributed by atoms with E-state index in [2.05, 4.69) is 5.10 Å². The molecule has 1 N–H and O–H groups in total. The van der Waals surface area contributed by atoms with Crippen LogP contribution in [0, 0.1) is 29.1 Å². The van der Waals surface area contributed by atoms with Gasteiger partial charge in [0.25, 0.3) is 5.91 Å². The molecule has 1 aliphatic rings. The maximum Gasteiger partial charge on any atom is 0.422 e. The van der Waals surface area contributed by atoms with Gasteiger partial charge in [0.1, 0.15) is 22.8 Å². The lowest BCUT2D eigenvalue weighted by Crippen LogP contribution is -2.26. The van der Waals surface area contributed by atoms with Crippen molar-refractivity contribution in [2.75, 3.05) is 5.32 Å². The Labute approximate surface area is 193 Å². The van der Waals surface area contributed by atoms with E-state index < -0.39 is 57.8 Å². The predicted octanol–water partition coefficient (Wildman–Crippen LogP) is 6.37. The molecule has 0 atom stereocenters. The first-order chi connectivity index (χ1) is 16.2. The summed E-state index contributed by atoms with van der Waals surface area (Å²) in [5.74, 6) is -12.2. The number of carbonyl (C=O) groups excluding carboxylic acids is 1. The van der Waals surface area contributed by atoms with Crippen LogP contribution in [0.3, 0.4) is 0 Å². The summed E-state index contributed by atoms with van der Waals surface area (Å²) in [5, 5.41) is 6.04. The molecular formula is C23H17F8N3O. The number of carbonyl (C=O) groups is 1. The summed E-state index contributed by atoms with van der Waals surface area (Å²) in [7, 11) is 0. The Morgan fingerprint density at radius 2 is 1.66 bits per heavy atom. The fourth-order valence-corrected chi connectivity index (χ4v) is 4.31. The molecule has 1 heterocycles. The Morgan fingerprint density at radius 3 is 2.20 bits per heavy atom. The lowest BCUT2D eigenvalue weighted by molar-refractivity contribution is -0.143. The van der Waals surface area contributed by atoms with Crippen molar-refractivity contribution in [2.24, 2.45) is 0 Å². The van der Waals surface area contributed by atoms with Crippen LogP contribution < -0.4 is 5.32 Å². The number of nitrogens with zero attached hydrogens (tertiary/aromatic N) is 2. The highest BCUT2D eigenvalue weighted by molar-refractivity contribution is 6.08. The smallest absolute Gasteiger partial charge is 0.316 e. The maximum absolute atomic E-state index is 14.4. The van der Waals surface area contributed by atoms with Crippen LogP contribution in [-0.4, -0.2) is 15.7 Å². The van der Waals surface area contributed by atoms with Crippen LogP contribution >= 0.6 is 0 Å². The third-order valence-electron chi connectivity index (χ3n) is 5.87. The van der Waals surface area contributed by atoms with Gasteiger partial charge in [0.15, 0.2) is 23.3 Å². The van der Waals surface area contributed by atoms with Crippen molar-refractivity contribution in [3.63, 3.8) is 0 Å². The number of benzene rings is 2. The SMILES string of the molecule is CCn1nc2c(c1C(=O)Nc1c(F)c(F)c(C(F)(F)F)c(F)c1F)-c1cc(F)ccc1CC2(C)C. The molecule has 0 saturated carbocycles. The summed E-state index contributed by atoms with van der Waals surface area (Å²) >= 11 is 0. The summed E-state index contributed by atoms with van der Waals surface area (Å²) < 4.78 is 111. The summed E-state index contributed by atoms with van der Waals surface area (Å²) in [6.07, 6.45) is -5.30. The standard InChI is InChI=1S/C23H17F8N3O/c1-4-34-19(12-11-7-10(24)6-5-9(11)8-22(2,3)20(12)33-34)21(35)32-18-16(27)14(25)13(23(29,30)31)15(26)17(18)28/h5-7H,4,8H2,1-3H3,(H,32,35). The first-order valence-corrected chi connectivity index (χ1v) is 10.3. The third-order valence-corrected chi connectivity index (χ3v) is 5.87. The zero-order valence-corrected chi connectivity index (χ0v) is 18.5. The molecule has 0 saturated heterocycles. The monoisotopic (exact) mass is 503 g/mol. The van der Waals surface area contributed by atoms with Crippen LogP contribution in [-0.2, 0) is 24.6 Å². The Morgan fingerprint density at radius 1 is 1.06 bits per heavy atom. The normalized spacial score (nSPS) is 14.5. The van der Waals surface area contributed by atoms with Crippen molar-refractivity contribution in [1.29, 1.82) is 0 Å². The Hall–Kier alpha value is -3.44. The van der Waals surface area contributed by atoms with E-state index in [9.17, 15) is 39.9 Å². The van der Waals surface area contributed by atoms with E-state index >= 15 is 0 Å². The van der Waals surface area contributed by atoms with Crippen molar-refractivity contribution in [3.8, 4) is 11.1 Å². The average molecular weight is 503 g/mol. The molecule has 1 aliphatic carbocycles. The first-order valence-electron chi connectivity index (χ1n) is 10.3. The molecular weight excluding hydrogens is 486 g/mol. The van der Waals surface area contributed by atoms with Crippen molar-refractivity contribution in [3.05, 3.63) is 69.8 Å². The molecule has 1 aromatic heterocycles. The summed E-state index contributed by atoms with van der Waals surface area (Å²) in [4.78, 5) is 13.2. The Balaban J connectivity index is 1.90. The number of alkyl halides is 3. The van der Waals surface area contributed by atoms with Gasteiger partial charge in [0.2, 0.25) is 0 Å². The highest BCUT2D eigenvalue weighted by Crippen LogP contribution is 2.45. The number of anilines is 1. The van der Waals surface area contributed by atoms with Crippen LogP contribution in [0.4, 0.5) is 40.8 Å². The van der Waals surface area contributed by atoms with Gasteiger partial charge in [-0.05, 0) is 36.6 Å². The lowest BCUT2D eigenvalue weighted by atomic mass is 9.73. The summed E-state index contributed by atoms with van der Waals surface area (Å²) in [6, 6.07) is 3.89. The number of halogens is 8. The molecule has 35 heavy (non-hydrogen) atoms. The molecule has 0 radical (unpaired) electrons. The second-order valence-corrected chi connectivity index (χ2v) is 8.71. The van der Waals surface area contributed by atoms with Gasteiger partial charge in [-0.2, -0.15) is 18.3 Å². The third kappa shape index (κ3) is 3.84. The molecule has 12 heteroatoms. The van der Waals surface area contributed by atoms with E-state index in [1.54, 1.807) is 12.2 Å². The zero-order valence-electron chi connectivity index (χ0n) is 18.5. The maximum atomic E-state index is 14.4. The fraction of sp³-hybridized carbons (Fsp3) is 0.304. The lowest BCUT2D eigenvalue weighted by Gasteiger charge is -2.30. The number of aromatic nitrogens is 2. The summed E-state index contributed by atoms with van der Waals surface area (Å²) in [5.41, 5.74) is -4.00. The van der Waals surface area contributed by atoms with E-state index in [1.165, 1.54) is 12.1 Å². The largest absolute Gasteiger partial charge is 0.422 e. The first kappa shape index (κ1) is 24.7. The highest BCUT2D eigenvalue weighted by Gasteiger charge is 2.43. The van der Waals surface area contributed by atoms with Crippen LogP contribution in [0.15, 0.2) is 18.2 Å². The summed E-state index contributed by atoms with van der Waals surface area (Å²) in [6.45, 7) is 5.28. The zero-order chi connectivity index (χ0) is 26.0. The molecule has 4 nitrogen and oxygen atoms in total. The highest BCUT2D eigenvalue weighted by atomic mass is 19.4. The number of hydrogen-bond donors (Lipinski definition) is 1. The van der Waals surface area contributed by atoms with E-state index in [4.69, 9.17) is 0 Å². The minimum absolute atomic E-state index is 0.0666. The van der Waals surface area contributed by atoms with Gasteiger partial charge in [-0.1, -0.05) is 19.9 Å². The van der Waals surface area contributed by atoms with Gasteiger partial charge >= 0.3 is 6.18 Å². The van der Waals surface area contributed by atoms with Crippen molar-refractivity contribution in [2.45, 2.75) is 45.3 Å². The van der Waals surface area contributed by atoms with Gasteiger partial charge in [0.05, 0.1) is 5.69 Å². The molecule has 3 aromatic rings. The van der Waals surface area contributed by atoms with Crippen LogP contribution in [0.1, 0.15) is 48.1 Å². The minimum Gasteiger partial charge on any atom is -0.316 e. The van der Waals surface area contributed by atoms with E-state index in [0.717, 1.165) is 10.7 Å². The molecule has 2 aromatic carbocycles. The Kier molecular flexibility index (Phi) is 5.68. The second-order valence-electron chi connectivity index (χ2n) is 8.71. The quantitative estimate of drug-likeness (QED) is 0.334. The number of aryl methyl sites for hydroxylation is 1. The van der Waals surface area contributed by atoms with E-state index in [0.29, 0.717) is 17.7 Å². The predicted molar refractivity (Wildman–Crippen MR) is 109 cm³/mol. The second kappa shape index (κ2) is 8.06. The average Bonchev–Trinajstić information content (AvgIpc) is 3.16. The molecule has 0 unspecified atom stereocenters. The molecule has 0 spiro atoms. The number of amides is 1. The molecule has 0 aliphatic heterocycles. The molecule has 1 amide bonds. The van der Waals surface area contributed by atoms with Crippen molar-refractivity contribution >= 4 is 11.6 Å². The number of nitrogens with one attached hydrogen (secondary N) is 1. The van der Waals surface area contributed by atoms with Gasteiger partial charge in [0, 0.05) is 17.5 Å². The Bertz CT molecular complexity index is 1350. The minimum atomic E-state index is -5.72. The van der Waals surface area contributed by atoms with Crippen molar-refractivity contribution < 1.29 is 39.9 Å². The van der Waals surface area contributed by atoms with Crippen LogP contribution in [0.2, 0.25) is 0 Å². The number of fused-ring (bicyclic) bond motifs is 3. The van der Waals surface area contributed by atoms with Crippen LogP contribution in [0.5, 0.6) is 0 Å². The fourth-order valence-electron chi connectivity index (χ4n) is 4.31. The molecule has 0 fully saturated rings. The van der Waals surface area contributed by atoms with Gasteiger partial charge in [-0.3, -0.25) is 9.48 Å². The van der Waals surface area contributed by atoms with Gasteiger partial charge < -0.3 is 5.32 Å².